The second kappa shape index (κ2) is 5.47. The largest absolute Gasteiger partial charge is 0.346 e. The van der Waals surface area contributed by atoms with Crippen molar-refractivity contribution >= 4 is 24.1 Å². The highest BCUT2D eigenvalue weighted by atomic mass is 31.2. The lowest BCUT2D eigenvalue weighted by molar-refractivity contribution is 0.264. The van der Waals surface area contributed by atoms with E-state index in [0.717, 1.165) is 0 Å². The summed E-state index contributed by atoms with van der Waals surface area (Å²) in [7, 11) is -3.90. The van der Waals surface area contributed by atoms with Crippen molar-refractivity contribution in [3.05, 3.63) is 30.3 Å². The molecule has 5 N–H and O–H groups in total. The summed E-state index contributed by atoms with van der Waals surface area (Å²) in [5.74, 6) is -0.264. The standard InChI is InChI=1S/C11H17N2O3P/c1-8(2)10(12)17(15,16)11(14)13-9-6-4-3-5-7-9/h3-8,15-16H,12H2,1-2H3,(H,13,14). The molecule has 0 aromatic heterocycles. The summed E-state index contributed by atoms with van der Waals surface area (Å²) < 4.78 is 0. The summed E-state index contributed by atoms with van der Waals surface area (Å²) in [5, 5.41) is 2.43. The van der Waals surface area contributed by atoms with Crippen LogP contribution in [0.3, 0.4) is 0 Å². The summed E-state index contributed by atoms with van der Waals surface area (Å²) in [6, 6.07) is 8.58. The number of carbonyl (C=O) groups excluding carboxylic acids is 1. The van der Waals surface area contributed by atoms with Crippen molar-refractivity contribution in [2.24, 2.45) is 11.7 Å². The Morgan fingerprint density at radius 2 is 1.82 bits per heavy atom. The molecule has 0 saturated heterocycles. The second-order valence-corrected chi connectivity index (χ2v) is 6.10. The summed E-state index contributed by atoms with van der Waals surface area (Å²) >= 11 is 0. The normalized spacial score (nSPS) is 11.4. The van der Waals surface area contributed by atoms with Crippen LogP contribution in [0.25, 0.3) is 0 Å². The Morgan fingerprint density at radius 3 is 2.29 bits per heavy atom. The smallest absolute Gasteiger partial charge is 0.298 e. The predicted octanol–water partition coefficient (Wildman–Crippen LogP) is 1.80. The molecule has 1 rings (SSSR count). The number of nitrogens with two attached hydrogens (primary N) is 1. The minimum Gasteiger partial charge on any atom is -0.346 e. The molecule has 17 heavy (non-hydrogen) atoms. The van der Waals surface area contributed by atoms with Gasteiger partial charge in [-0.2, -0.15) is 0 Å². The van der Waals surface area contributed by atoms with Gasteiger partial charge in [-0.1, -0.05) is 32.0 Å². The van der Waals surface area contributed by atoms with E-state index in [1.165, 1.54) is 0 Å². The SMILES string of the molecule is CC(C)C(N)=P(O)(O)C(=O)Nc1ccccc1. The van der Waals surface area contributed by atoms with Gasteiger partial charge in [-0.3, -0.25) is 4.79 Å². The first kappa shape index (κ1) is 13.9. The van der Waals surface area contributed by atoms with Crippen molar-refractivity contribution in [1.82, 2.24) is 0 Å². The average Bonchev–Trinajstić information content (AvgIpc) is 2.29. The fraction of sp³-hybridized carbons (Fsp3) is 0.273. The number of nitrogens with one attached hydrogen (secondary N) is 1. The molecule has 0 fully saturated rings. The Labute approximate surface area is 100 Å². The molecule has 0 aliphatic rings. The van der Waals surface area contributed by atoms with Crippen molar-refractivity contribution in [2.45, 2.75) is 13.8 Å². The van der Waals surface area contributed by atoms with E-state index in [1.807, 2.05) is 0 Å². The van der Waals surface area contributed by atoms with Crippen LogP contribution in [0.5, 0.6) is 0 Å². The van der Waals surface area contributed by atoms with E-state index in [4.69, 9.17) is 5.73 Å². The molecule has 0 aliphatic carbocycles. The van der Waals surface area contributed by atoms with Gasteiger partial charge in [0.2, 0.25) is 7.34 Å². The van der Waals surface area contributed by atoms with Gasteiger partial charge in [-0.15, -0.1) is 0 Å². The zero-order chi connectivity index (χ0) is 13.1. The van der Waals surface area contributed by atoms with E-state index in [-0.39, 0.29) is 11.3 Å². The first-order chi connectivity index (χ1) is 7.85. The summed E-state index contributed by atoms with van der Waals surface area (Å²) in [4.78, 5) is 31.3. The highest BCUT2D eigenvalue weighted by Gasteiger charge is 2.26. The van der Waals surface area contributed by atoms with Crippen LogP contribution in [0.4, 0.5) is 10.5 Å². The van der Waals surface area contributed by atoms with E-state index < -0.39 is 13.0 Å². The van der Waals surface area contributed by atoms with Gasteiger partial charge in [0, 0.05) is 11.1 Å². The maximum Gasteiger partial charge on any atom is 0.298 e. The molecule has 0 aliphatic heterocycles. The zero-order valence-electron chi connectivity index (χ0n) is 9.79. The first-order valence-electron chi connectivity index (χ1n) is 5.19. The molecule has 5 nitrogen and oxygen atoms in total. The summed E-state index contributed by atoms with van der Waals surface area (Å²) in [5.41, 5.74) is 5.13. The maximum absolute atomic E-state index is 11.7. The van der Waals surface area contributed by atoms with Gasteiger partial charge >= 0.3 is 0 Å². The molecule has 0 unspecified atom stereocenters. The minimum atomic E-state index is -3.90. The van der Waals surface area contributed by atoms with Gasteiger partial charge in [-0.05, 0) is 18.1 Å². The molecular formula is C11H17N2O3P. The van der Waals surface area contributed by atoms with Crippen LogP contribution < -0.4 is 11.1 Å². The van der Waals surface area contributed by atoms with E-state index in [2.05, 4.69) is 5.32 Å². The van der Waals surface area contributed by atoms with Gasteiger partial charge in [-0.25, -0.2) is 0 Å². The van der Waals surface area contributed by atoms with Crippen LogP contribution in [0.15, 0.2) is 30.3 Å². The lowest BCUT2D eigenvalue weighted by Gasteiger charge is -2.18. The highest BCUT2D eigenvalue weighted by Crippen LogP contribution is 2.41. The number of hydrogen-bond acceptors (Lipinski definition) is 3. The summed E-state index contributed by atoms with van der Waals surface area (Å²) in [6.07, 6.45) is 0. The first-order valence-corrected chi connectivity index (χ1v) is 6.89. The van der Waals surface area contributed by atoms with Crippen LogP contribution in [0, 0.1) is 5.92 Å². The van der Waals surface area contributed by atoms with Crippen molar-refractivity contribution < 1.29 is 14.6 Å². The number of benzene rings is 1. The second-order valence-electron chi connectivity index (χ2n) is 3.98. The Kier molecular flexibility index (Phi) is 4.48. The Balaban J connectivity index is 2.95. The molecule has 1 aromatic carbocycles. The lowest BCUT2D eigenvalue weighted by Crippen LogP contribution is -2.25. The topological polar surface area (TPSA) is 95.6 Å². The molecule has 0 spiro atoms. The monoisotopic (exact) mass is 256 g/mol. The van der Waals surface area contributed by atoms with Crippen LogP contribution in [-0.4, -0.2) is 20.9 Å². The lowest BCUT2D eigenvalue weighted by atomic mass is 10.2. The summed E-state index contributed by atoms with van der Waals surface area (Å²) in [6.45, 7) is 3.40. The predicted molar refractivity (Wildman–Crippen MR) is 70.9 cm³/mol. The van der Waals surface area contributed by atoms with E-state index in [9.17, 15) is 14.6 Å². The van der Waals surface area contributed by atoms with Crippen LogP contribution in [0.1, 0.15) is 13.8 Å². The zero-order valence-corrected chi connectivity index (χ0v) is 10.7. The van der Waals surface area contributed by atoms with Gasteiger partial charge in [0.05, 0.1) is 0 Å². The number of para-hydroxylation sites is 1. The Morgan fingerprint density at radius 1 is 1.29 bits per heavy atom. The molecule has 94 valence electrons. The van der Waals surface area contributed by atoms with E-state index >= 15 is 0 Å². The van der Waals surface area contributed by atoms with Crippen LogP contribution in [0.2, 0.25) is 0 Å². The van der Waals surface area contributed by atoms with Gasteiger partial charge < -0.3 is 20.8 Å². The molecule has 0 bridgehead atoms. The third-order valence-electron chi connectivity index (χ3n) is 2.26. The molecule has 0 saturated carbocycles. The Bertz CT molecular complexity index is 451. The number of anilines is 1. The molecule has 6 heteroatoms. The average molecular weight is 256 g/mol. The number of hydrogen-bond donors (Lipinski definition) is 4. The van der Waals surface area contributed by atoms with Crippen LogP contribution in [-0.2, 0) is 0 Å². The molecule has 1 aromatic rings. The molecule has 0 atom stereocenters. The number of rotatable bonds is 3. The van der Waals surface area contributed by atoms with Gasteiger partial charge in [0.1, 0.15) is 0 Å². The number of carbonyl (C=O) groups is 1. The molecule has 0 radical (unpaired) electrons. The molecule has 0 heterocycles. The third kappa shape index (κ3) is 3.41. The minimum absolute atomic E-state index is 0.0778. The van der Waals surface area contributed by atoms with E-state index in [1.54, 1.807) is 44.2 Å². The fourth-order valence-corrected chi connectivity index (χ4v) is 2.44. The van der Waals surface area contributed by atoms with E-state index in [0.29, 0.717) is 5.69 Å². The van der Waals surface area contributed by atoms with Crippen molar-refractivity contribution in [1.29, 1.82) is 0 Å². The number of amides is 1. The van der Waals surface area contributed by atoms with Gasteiger partial charge in [0.15, 0.2) is 0 Å². The van der Waals surface area contributed by atoms with Crippen molar-refractivity contribution in [2.75, 3.05) is 5.32 Å². The van der Waals surface area contributed by atoms with Gasteiger partial charge in [0.25, 0.3) is 5.65 Å². The Hall–Kier alpha value is -1.13. The third-order valence-corrected chi connectivity index (χ3v) is 4.17. The van der Waals surface area contributed by atoms with Crippen LogP contribution >= 0.6 is 7.34 Å². The molecule has 1 amide bonds. The highest BCUT2D eigenvalue weighted by molar-refractivity contribution is 7.81. The van der Waals surface area contributed by atoms with Crippen molar-refractivity contribution in [3.8, 4) is 0 Å². The quantitative estimate of drug-likeness (QED) is 0.620. The fourth-order valence-electron chi connectivity index (χ4n) is 1.20. The van der Waals surface area contributed by atoms with Crippen molar-refractivity contribution in [3.63, 3.8) is 0 Å². The maximum atomic E-state index is 11.7. The molecular weight excluding hydrogens is 239 g/mol.